The van der Waals surface area contributed by atoms with Crippen LogP contribution in [0.3, 0.4) is 0 Å². The third kappa shape index (κ3) is 10.5. The predicted octanol–water partition coefficient (Wildman–Crippen LogP) is 5.91. The molecule has 0 aliphatic carbocycles. The maximum atomic E-state index is 12.5. The molecule has 1 N–H and O–H groups in total. The second kappa shape index (κ2) is 20.0. The van der Waals surface area contributed by atoms with Crippen LogP contribution in [0, 0.1) is 11.8 Å². The summed E-state index contributed by atoms with van der Waals surface area (Å²) in [6, 6.07) is 14.0. The van der Waals surface area contributed by atoms with Gasteiger partial charge in [0.15, 0.2) is 0 Å². The van der Waals surface area contributed by atoms with Crippen LogP contribution >= 0.6 is 22.7 Å². The smallest absolute Gasteiger partial charge is 1.00 e. The summed E-state index contributed by atoms with van der Waals surface area (Å²) in [5, 5.41) is 6.21. The Labute approximate surface area is 343 Å². The maximum absolute atomic E-state index is 12.5. The molecule has 2 aromatic carbocycles. The van der Waals surface area contributed by atoms with Crippen LogP contribution in [0.15, 0.2) is 41.4 Å². The molecule has 8 rings (SSSR count). The molecule has 4 aromatic rings. The van der Waals surface area contributed by atoms with Crippen molar-refractivity contribution in [2.24, 2.45) is 16.8 Å². The number of alkyl halides is 2. The van der Waals surface area contributed by atoms with E-state index in [1.54, 1.807) is 0 Å². The number of hydrogen-bond donors (Lipinski definition) is 1. The Balaban J connectivity index is 0.000000224. The summed E-state index contributed by atoms with van der Waals surface area (Å²) < 4.78 is 27.6. The first kappa shape index (κ1) is 41.8. The zero-order valence-corrected chi connectivity index (χ0v) is 35.1. The summed E-state index contributed by atoms with van der Waals surface area (Å²) >= 11 is 3.68. The Hall–Kier alpha value is -1.31. The van der Waals surface area contributed by atoms with E-state index in [1.165, 1.54) is 55.5 Å². The molecule has 12 heteroatoms. The molecule has 4 aliphatic rings. The first-order chi connectivity index (χ1) is 24.4. The first-order valence-corrected chi connectivity index (χ1v) is 20.7. The van der Waals surface area contributed by atoms with E-state index in [1.807, 2.05) is 22.7 Å². The number of piperidine rings is 3. The topological polar surface area (TPSA) is 56.7 Å². The second-order valence-corrected chi connectivity index (χ2v) is 17.3. The molecule has 6 heterocycles. The average molecular weight is 756 g/mol. The monoisotopic (exact) mass is 755 g/mol. The third-order valence-electron chi connectivity index (χ3n) is 11.4. The minimum atomic E-state index is -0.239. The van der Waals surface area contributed by atoms with Gasteiger partial charge in [0.2, 0.25) is 0 Å². The number of nitrogens with zero attached hydrogens (tertiary/aromatic N) is 5. The zero-order chi connectivity index (χ0) is 34.5. The molecular weight excluding hydrogens is 700 g/mol. The van der Waals surface area contributed by atoms with Crippen molar-refractivity contribution in [2.45, 2.75) is 83.1 Å². The number of aliphatic imine (C=N–C) groups is 1. The number of fused-ring (bicyclic) bond motifs is 2. The number of nitrogens with one attached hydrogen (secondary N) is 1. The van der Waals surface area contributed by atoms with Gasteiger partial charge in [-0.1, -0.05) is 26.0 Å². The van der Waals surface area contributed by atoms with Crippen molar-refractivity contribution in [3.63, 3.8) is 0 Å². The molecule has 3 radical (unpaired) electrons. The Morgan fingerprint density at radius 1 is 0.750 bits per heavy atom. The van der Waals surface area contributed by atoms with Crippen LogP contribution in [0.5, 0.6) is 0 Å². The fraction of sp³-hybridized carbons (Fsp3) is 0.625. The van der Waals surface area contributed by atoms with Crippen molar-refractivity contribution >= 4 is 57.2 Å². The van der Waals surface area contributed by atoms with E-state index in [-0.39, 0.29) is 52.7 Å². The number of likely N-dealkylation sites (tertiary alicyclic amines) is 2. The number of benzene rings is 2. The van der Waals surface area contributed by atoms with Crippen molar-refractivity contribution < 1.29 is 39.8 Å². The Kier molecular flexibility index (Phi) is 16.1. The van der Waals surface area contributed by atoms with E-state index in [2.05, 4.69) is 65.4 Å². The summed E-state index contributed by atoms with van der Waals surface area (Å²) in [7, 11) is 0. The van der Waals surface area contributed by atoms with E-state index in [4.69, 9.17) is 15.0 Å². The van der Waals surface area contributed by atoms with Gasteiger partial charge in [-0.25, -0.2) is 18.7 Å². The van der Waals surface area contributed by atoms with E-state index in [0.717, 1.165) is 88.3 Å². The Morgan fingerprint density at radius 2 is 1.33 bits per heavy atom. The summed E-state index contributed by atoms with van der Waals surface area (Å²) in [6.07, 6.45) is 9.23. The van der Waals surface area contributed by atoms with Gasteiger partial charge >= 0.3 is 29.6 Å². The van der Waals surface area contributed by atoms with Crippen LogP contribution < -0.4 is 34.9 Å². The standard InChI is InChI=1S/C20H28FN3S.C20H26FN3S.B.Na.H/c2*1-14-2-4-17(22-13-14)16-3-5-19-18(12-16)23-20(25-19)15-6-9-24(10-7-15)11-8-21;;;/h3,5,12,14-15,17,22H,2,4,6-11,13H2,1H3;3,5,12,14-15H,2,4,6-11,13H2,1H3;;;/q;;;+1;-1/t14-,17+;14-;;;/m00.../s1. The summed E-state index contributed by atoms with van der Waals surface area (Å²) in [4.78, 5) is 19.2. The second-order valence-electron chi connectivity index (χ2n) is 15.2. The minimum Gasteiger partial charge on any atom is -1.00 e. The molecule has 3 fully saturated rings. The Morgan fingerprint density at radius 3 is 1.85 bits per heavy atom. The van der Waals surface area contributed by atoms with Gasteiger partial charge in [0.25, 0.3) is 0 Å². The van der Waals surface area contributed by atoms with Crippen molar-refractivity contribution in [3.05, 3.63) is 57.5 Å². The first-order valence-electron chi connectivity index (χ1n) is 19.1. The van der Waals surface area contributed by atoms with Crippen molar-refractivity contribution in [1.29, 1.82) is 0 Å². The molecule has 4 aliphatic heterocycles. The van der Waals surface area contributed by atoms with Gasteiger partial charge in [-0.15, -0.1) is 22.7 Å². The zero-order valence-electron chi connectivity index (χ0n) is 32.5. The van der Waals surface area contributed by atoms with Crippen LogP contribution in [0.2, 0.25) is 0 Å². The SMILES string of the molecule is C[C@H]1CCC(c2ccc3sc(C4CCN(CCF)CC4)nc3c2)=NC1.C[C@H]1CC[C@H](c2ccc3sc(C4CCN(CCF)CC4)nc3c2)NC1.[B].[H-].[Na+]. The number of aromatic nitrogens is 2. The molecule has 0 saturated carbocycles. The van der Waals surface area contributed by atoms with Crippen LogP contribution in [-0.4, -0.2) is 99.6 Å². The molecule has 0 unspecified atom stereocenters. The van der Waals surface area contributed by atoms with Crippen molar-refractivity contribution in [2.75, 3.05) is 65.7 Å². The molecule has 0 spiro atoms. The quantitative estimate of drug-likeness (QED) is 0.227. The van der Waals surface area contributed by atoms with E-state index >= 15 is 0 Å². The predicted molar refractivity (Wildman–Crippen MR) is 214 cm³/mol. The van der Waals surface area contributed by atoms with Gasteiger partial charge in [0.1, 0.15) is 13.3 Å². The number of hydrogen-bond acceptors (Lipinski definition) is 8. The number of thiazole rings is 2. The number of halogens is 2. The van der Waals surface area contributed by atoms with Crippen molar-refractivity contribution in [1.82, 2.24) is 25.1 Å². The molecule has 52 heavy (non-hydrogen) atoms. The minimum absolute atomic E-state index is 0. The van der Waals surface area contributed by atoms with Gasteiger partial charge in [-0.05, 0) is 131 Å². The van der Waals surface area contributed by atoms with Gasteiger partial charge < -0.3 is 16.5 Å². The molecule has 0 bridgehead atoms. The summed E-state index contributed by atoms with van der Waals surface area (Å²) in [5.74, 6) is 2.57. The summed E-state index contributed by atoms with van der Waals surface area (Å²) in [5.41, 5.74) is 6.14. The van der Waals surface area contributed by atoms with Crippen LogP contribution in [0.4, 0.5) is 8.78 Å². The molecule has 3 atom stereocenters. The molecule has 0 amide bonds. The molecule has 275 valence electrons. The van der Waals surface area contributed by atoms with Crippen LogP contribution in [0.1, 0.15) is 106 Å². The largest absolute Gasteiger partial charge is 1.00 e. The maximum Gasteiger partial charge on any atom is 1.00 e. The van der Waals surface area contributed by atoms with Crippen molar-refractivity contribution in [3.8, 4) is 0 Å². The molecule has 2 aromatic heterocycles. The molecular formula is C40H55BF2N6NaS2. The van der Waals surface area contributed by atoms with Crippen LogP contribution in [-0.2, 0) is 0 Å². The van der Waals surface area contributed by atoms with E-state index in [0.29, 0.717) is 36.9 Å². The van der Waals surface area contributed by atoms with E-state index < -0.39 is 0 Å². The fourth-order valence-corrected chi connectivity index (χ4v) is 10.3. The normalized spacial score (nSPS) is 23.8. The van der Waals surface area contributed by atoms with Gasteiger partial charge in [0.05, 0.1) is 30.4 Å². The summed E-state index contributed by atoms with van der Waals surface area (Å²) in [6.45, 7) is 11.3. The van der Waals surface area contributed by atoms with Crippen LogP contribution in [0.25, 0.3) is 20.4 Å². The van der Waals surface area contributed by atoms with Gasteiger partial charge in [-0.2, -0.15) is 0 Å². The van der Waals surface area contributed by atoms with E-state index in [9.17, 15) is 8.78 Å². The third-order valence-corrected chi connectivity index (χ3v) is 13.8. The molecule has 6 nitrogen and oxygen atoms in total. The molecule has 3 saturated heterocycles. The average Bonchev–Trinajstić information content (AvgIpc) is 3.78. The Bertz CT molecular complexity index is 1730. The fourth-order valence-electron chi connectivity index (χ4n) is 8.04. The number of rotatable bonds is 8. The van der Waals surface area contributed by atoms with Gasteiger partial charge in [-0.3, -0.25) is 4.99 Å². The van der Waals surface area contributed by atoms with Gasteiger partial charge in [0, 0.05) is 51.6 Å².